The number of primary amides is 1. The summed E-state index contributed by atoms with van der Waals surface area (Å²) in [5.74, 6) is -0.206. The van der Waals surface area contributed by atoms with Gasteiger partial charge in [-0.25, -0.2) is 0 Å². The Kier molecular flexibility index (Phi) is 5.49. The maximum absolute atomic E-state index is 12.8. The zero-order chi connectivity index (χ0) is 20.4. The van der Waals surface area contributed by atoms with Gasteiger partial charge in [0, 0.05) is 30.3 Å². The van der Waals surface area contributed by atoms with Crippen molar-refractivity contribution in [2.75, 3.05) is 18.4 Å². The molecule has 0 aromatic heterocycles. The maximum atomic E-state index is 12.8. The Morgan fingerprint density at radius 3 is 2.62 bits per heavy atom. The number of nitrogens with zero attached hydrogens (tertiary/aromatic N) is 1. The van der Waals surface area contributed by atoms with Crippen LogP contribution in [0.4, 0.5) is 5.69 Å². The van der Waals surface area contributed by atoms with Crippen LogP contribution in [0.15, 0.2) is 54.1 Å². The van der Waals surface area contributed by atoms with E-state index in [1.165, 1.54) is 5.56 Å². The van der Waals surface area contributed by atoms with Crippen molar-refractivity contribution in [3.05, 3.63) is 70.8 Å². The molecule has 5 nitrogen and oxygen atoms in total. The standard InChI is InChI=1S/C24H27N3O2/c1-16-21-7-3-2-5-18(21)13-22(16)24(29)26-20-10-8-17(9-11-20)14-27-12-4-6-19(15-27)23(25)28/h2-3,5,7-11,13,16,19H,4,6,12,14-15H2,1H3,(H2,25,28)(H,26,29)/t16-,19-/m0/s1. The molecule has 150 valence electrons. The summed E-state index contributed by atoms with van der Waals surface area (Å²) in [6, 6.07) is 16.1. The minimum atomic E-state index is -0.203. The predicted octanol–water partition coefficient (Wildman–Crippen LogP) is 3.52. The second kappa shape index (κ2) is 8.21. The number of benzene rings is 2. The van der Waals surface area contributed by atoms with Gasteiger partial charge in [0.05, 0.1) is 5.92 Å². The molecule has 2 atom stereocenters. The van der Waals surface area contributed by atoms with Gasteiger partial charge in [0.1, 0.15) is 0 Å². The highest BCUT2D eigenvalue weighted by Gasteiger charge is 2.26. The van der Waals surface area contributed by atoms with Gasteiger partial charge in [0.2, 0.25) is 5.91 Å². The van der Waals surface area contributed by atoms with E-state index in [-0.39, 0.29) is 23.7 Å². The molecule has 0 saturated carbocycles. The number of carbonyl (C=O) groups is 2. The summed E-state index contributed by atoms with van der Waals surface area (Å²) >= 11 is 0. The molecule has 0 spiro atoms. The van der Waals surface area contributed by atoms with Crippen molar-refractivity contribution >= 4 is 23.6 Å². The molecule has 4 rings (SSSR count). The third-order valence-corrected chi connectivity index (χ3v) is 6.03. The van der Waals surface area contributed by atoms with Gasteiger partial charge in [-0.05, 0) is 54.3 Å². The summed E-state index contributed by atoms with van der Waals surface area (Å²) in [7, 11) is 0. The van der Waals surface area contributed by atoms with Gasteiger partial charge in [-0.3, -0.25) is 14.5 Å². The molecule has 1 fully saturated rings. The normalized spacial score (nSPS) is 21.3. The van der Waals surface area contributed by atoms with Gasteiger partial charge in [-0.2, -0.15) is 0 Å². The largest absolute Gasteiger partial charge is 0.369 e. The van der Waals surface area contributed by atoms with Crippen molar-refractivity contribution in [2.24, 2.45) is 11.7 Å². The molecule has 29 heavy (non-hydrogen) atoms. The zero-order valence-electron chi connectivity index (χ0n) is 16.7. The average Bonchev–Trinajstić information content (AvgIpc) is 3.07. The van der Waals surface area contributed by atoms with Crippen LogP contribution in [-0.2, 0) is 16.1 Å². The molecule has 1 aliphatic carbocycles. The first-order valence-corrected chi connectivity index (χ1v) is 10.2. The summed E-state index contributed by atoms with van der Waals surface area (Å²) in [5.41, 5.74) is 10.5. The van der Waals surface area contributed by atoms with E-state index in [1.54, 1.807) is 0 Å². The lowest BCUT2D eigenvalue weighted by Crippen LogP contribution is -2.40. The quantitative estimate of drug-likeness (QED) is 0.821. The molecule has 5 heteroatoms. The molecule has 1 heterocycles. The number of nitrogens with one attached hydrogen (secondary N) is 1. The monoisotopic (exact) mass is 389 g/mol. The smallest absolute Gasteiger partial charge is 0.252 e. The number of piperidine rings is 1. The van der Waals surface area contributed by atoms with E-state index < -0.39 is 0 Å². The molecule has 2 aromatic carbocycles. The molecule has 0 unspecified atom stereocenters. The van der Waals surface area contributed by atoms with Crippen molar-refractivity contribution < 1.29 is 9.59 Å². The minimum Gasteiger partial charge on any atom is -0.369 e. The van der Waals surface area contributed by atoms with Gasteiger partial charge in [0.25, 0.3) is 5.91 Å². The predicted molar refractivity (Wildman–Crippen MR) is 115 cm³/mol. The summed E-state index contributed by atoms with van der Waals surface area (Å²) in [6.45, 7) is 4.56. The number of amides is 2. The van der Waals surface area contributed by atoms with Crippen molar-refractivity contribution in [3.63, 3.8) is 0 Å². The Bertz CT molecular complexity index is 949. The average molecular weight is 389 g/mol. The summed E-state index contributed by atoms with van der Waals surface area (Å²) in [4.78, 5) is 26.5. The van der Waals surface area contributed by atoms with E-state index in [1.807, 2.05) is 48.5 Å². The Hall–Kier alpha value is -2.92. The van der Waals surface area contributed by atoms with Crippen LogP contribution in [0.25, 0.3) is 6.08 Å². The lowest BCUT2D eigenvalue weighted by Gasteiger charge is -2.31. The van der Waals surface area contributed by atoms with E-state index in [0.717, 1.165) is 54.9 Å². The van der Waals surface area contributed by atoms with E-state index in [9.17, 15) is 9.59 Å². The molecule has 0 bridgehead atoms. The van der Waals surface area contributed by atoms with Crippen molar-refractivity contribution in [2.45, 2.75) is 32.2 Å². The topological polar surface area (TPSA) is 75.4 Å². The molecule has 2 aromatic rings. The molecule has 0 radical (unpaired) electrons. The molecular formula is C24H27N3O2. The van der Waals surface area contributed by atoms with E-state index >= 15 is 0 Å². The first-order chi connectivity index (χ1) is 14.0. The minimum absolute atomic E-state index is 0.0480. The highest BCUT2D eigenvalue weighted by molar-refractivity contribution is 6.09. The number of anilines is 1. The van der Waals surface area contributed by atoms with Gasteiger partial charge in [0.15, 0.2) is 0 Å². The first kappa shape index (κ1) is 19.4. The lowest BCUT2D eigenvalue weighted by molar-refractivity contribution is -0.123. The number of fused-ring (bicyclic) bond motifs is 1. The summed E-state index contributed by atoms with van der Waals surface area (Å²) in [6.07, 6.45) is 3.86. The van der Waals surface area contributed by atoms with Gasteiger partial charge in [-0.15, -0.1) is 0 Å². The second-order valence-electron chi connectivity index (χ2n) is 8.08. The molecule has 1 aliphatic heterocycles. The molecular weight excluding hydrogens is 362 g/mol. The van der Waals surface area contributed by atoms with Crippen molar-refractivity contribution in [1.82, 2.24) is 4.90 Å². The number of nitrogens with two attached hydrogens (primary N) is 1. The SMILES string of the molecule is C[C@@H]1C(C(=O)Nc2ccc(CN3CCC[C@H](C(N)=O)C3)cc2)=Cc2ccccc21. The summed E-state index contributed by atoms with van der Waals surface area (Å²) < 4.78 is 0. The van der Waals surface area contributed by atoms with Gasteiger partial charge < -0.3 is 11.1 Å². The van der Waals surface area contributed by atoms with Crippen LogP contribution in [-0.4, -0.2) is 29.8 Å². The van der Waals surface area contributed by atoms with Crippen LogP contribution < -0.4 is 11.1 Å². The van der Waals surface area contributed by atoms with Crippen LogP contribution in [0.2, 0.25) is 0 Å². The first-order valence-electron chi connectivity index (χ1n) is 10.2. The molecule has 2 amide bonds. The van der Waals surface area contributed by atoms with E-state index in [4.69, 9.17) is 5.73 Å². The van der Waals surface area contributed by atoms with E-state index in [2.05, 4.69) is 23.2 Å². The molecule has 3 N–H and O–H groups in total. The second-order valence-corrected chi connectivity index (χ2v) is 8.08. The maximum Gasteiger partial charge on any atom is 0.252 e. The third-order valence-electron chi connectivity index (χ3n) is 6.03. The fourth-order valence-corrected chi connectivity index (χ4v) is 4.35. The fourth-order valence-electron chi connectivity index (χ4n) is 4.35. The summed E-state index contributed by atoms with van der Waals surface area (Å²) in [5, 5.41) is 3.02. The van der Waals surface area contributed by atoms with Gasteiger partial charge >= 0.3 is 0 Å². The highest BCUT2D eigenvalue weighted by Crippen LogP contribution is 2.36. The van der Waals surface area contributed by atoms with Gasteiger partial charge in [-0.1, -0.05) is 43.3 Å². The van der Waals surface area contributed by atoms with E-state index in [0.29, 0.717) is 0 Å². The Morgan fingerprint density at radius 2 is 1.90 bits per heavy atom. The van der Waals surface area contributed by atoms with Crippen molar-refractivity contribution in [1.29, 1.82) is 0 Å². The highest BCUT2D eigenvalue weighted by atomic mass is 16.2. The van der Waals surface area contributed by atoms with Crippen LogP contribution in [0.1, 0.15) is 42.4 Å². The molecule has 1 saturated heterocycles. The van der Waals surface area contributed by atoms with Crippen LogP contribution >= 0.6 is 0 Å². The van der Waals surface area contributed by atoms with Crippen molar-refractivity contribution in [3.8, 4) is 0 Å². The number of rotatable bonds is 5. The molecule has 2 aliphatic rings. The fraction of sp³-hybridized carbons (Fsp3) is 0.333. The number of hydrogen-bond acceptors (Lipinski definition) is 3. The third kappa shape index (κ3) is 4.25. The number of hydrogen-bond donors (Lipinski definition) is 2. The Labute approximate surface area is 171 Å². The Balaban J connectivity index is 1.36. The number of carbonyl (C=O) groups excluding carboxylic acids is 2. The Morgan fingerprint density at radius 1 is 1.14 bits per heavy atom. The lowest BCUT2D eigenvalue weighted by atomic mass is 9.97. The van der Waals surface area contributed by atoms with Crippen LogP contribution in [0, 0.1) is 5.92 Å². The zero-order valence-corrected chi connectivity index (χ0v) is 16.7. The van der Waals surface area contributed by atoms with Crippen LogP contribution in [0.5, 0.6) is 0 Å². The van der Waals surface area contributed by atoms with Crippen LogP contribution in [0.3, 0.4) is 0 Å². The number of likely N-dealkylation sites (tertiary alicyclic amines) is 1.